The molecule has 36 heavy (non-hydrogen) atoms. The fourth-order valence-electron chi connectivity index (χ4n) is 3.43. The molecule has 0 bridgehead atoms. The third kappa shape index (κ3) is 6.73. The topological polar surface area (TPSA) is 123 Å². The van der Waals surface area contributed by atoms with Gasteiger partial charge in [-0.1, -0.05) is 62.2 Å². The minimum absolute atomic E-state index is 0.270. The number of carbonyl (C=O) groups is 3. The first-order chi connectivity index (χ1) is 17.2. The number of benzene rings is 2. The van der Waals surface area contributed by atoms with Crippen molar-refractivity contribution in [1.29, 1.82) is 0 Å². The molecule has 0 unspecified atom stereocenters. The Morgan fingerprint density at radius 2 is 1.69 bits per heavy atom. The van der Waals surface area contributed by atoms with Crippen molar-refractivity contribution in [3.05, 3.63) is 71.9 Å². The average molecular weight is 489 g/mol. The molecule has 3 rings (SSSR count). The molecule has 0 saturated heterocycles. The SMILES string of the molecule is CC(C)[C@@H](NC(=O)C#Cc1ccc(-c2cnn(C)c2NC(=O)O[C@H](C)c2ccccc2)cc1)C(=O)O. The van der Waals surface area contributed by atoms with Crippen LogP contribution in [0, 0.1) is 17.8 Å². The van der Waals surface area contributed by atoms with Crippen LogP contribution in [0.25, 0.3) is 11.1 Å². The van der Waals surface area contributed by atoms with E-state index in [-0.39, 0.29) is 5.92 Å². The molecule has 0 radical (unpaired) electrons. The summed E-state index contributed by atoms with van der Waals surface area (Å²) in [6, 6.07) is 15.4. The summed E-state index contributed by atoms with van der Waals surface area (Å²) in [5.74, 6) is 3.57. The van der Waals surface area contributed by atoms with Gasteiger partial charge in [0.15, 0.2) is 0 Å². The Kier molecular flexibility index (Phi) is 8.47. The first-order valence-corrected chi connectivity index (χ1v) is 11.4. The van der Waals surface area contributed by atoms with Gasteiger partial charge >= 0.3 is 12.1 Å². The van der Waals surface area contributed by atoms with Crippen LogP contribution >= 0.6 is 0 Å². The number of carbonyl (C=O) groups excluding carboxylic acids is 2. The minimum Gasteiger partial charge on any atom is -0.480 e. The Hall–Kier alpha value is -4.58. The van der Waals surface area contributed by atoms with E-state index in [0.717, 1.165) is 11.1 Å². The maximum Gasteiger partial charge on any atom is 0.413 e. The van der Waals surface area contributed by atoms with E-state index in [1.165, 1.54) is 4.68 Å². The Morgan fingerprint density at radius 3 is 2.31 bits per heavy atom. The molecule has 3 N–H and O–H groups in total. The summed E-state index contributed by atoms with van der Waals surface area (Å²) in [5.41, 5.74) is 2.90. The summed E-state index contributed by atoms with van der Waals surface area (Å²) in [7, 11) is 1.71. The smallest absolute Gasteiger partial charge is 0.413 e. The zero-order valence-electron chi connectivity index (χ0n) is 20.5. The van der Waals surface area contributed by atoms with Crippen molar-refractivity contribution >= 4 is 23.8 Å². The first kappa shape index (κ1) is 26.0. The molecule has 1 heterocycles. The van der Waals surface area contributed by atoms with Gasteiger partial charge in [-0.2, -0.15) is 5.10 Å². The number of carboxylic acids is 1. The Morgan fingerprint density at radius 1 is 1.03 bits per heavy atom. The lowest BCUT2D eigenvalue weighted by molar-refractivity contribution is -0.142. The number of aryl methyl sites for hydroxylation is 1. The van der Waals surface area contributed by atoms with Crippen LogP contribution in [-0.4, -0.2) is 38.9 Å². The van der Waals surface area contributed by atoms with E-state index in [0.29, 0.717) is 16.9 Å². The van der Waals surface area contributed by atoms with Crippen molar-refractivity contribution in [2.45, 2.75) is 32.9 Å². The molecule has 0 spiro atoms. The molecule has 186 valence electrons. The average Bonchev–Trinajstić information content (AvgIpc) is 3.21. The summed E-state index contributed by atoms with van der Waals surface area (Å²) in [6.07, 6.45) is 0.595. The highest BCUT2D eigenvalue weighted by molar-refractivity contribution is 5.96. The van der Waals surface area contributed by atoms with Crippen LogP contribution in [-0.2, 0) is 21.4 Å². The zero-order chi connectivity index (χ0) is 26.2. The van der Waals surface area contributed by atoms with E-state index in [9.17, 15) is 19.5 Å². The summed E-state index contributed by atoms with van der Waals surface area (Å²) in [6.45, 7) is 5.20. The second kappa shape index (κ2) is 11.7. The quantitative estimate of drug-likeness (QED) is 0.433. The van der Waals surface area contributed by atoms with Crippen LogP contribution in [0.4, 0.5) is 10.6 Å². The monoisotopic (exact) mass is 488 g/mol. The lowest BCUT2D eigenvalue weighted by Crippen LogP contribution is -2.43. The third-order valence-corrected chi connectivity index (χ3v) is 5.45. The number of ether oxygens (including phenoxy) is 1. The molecule has 2 aromatic carbocycles. The Labute approximate surface area is 209 Å². The van der Waals surface area contributed by atoms with Crippen molar-refractivity contribution in [2.24, 2.45) is 13.0 Å². The fraction of sp³-hybridized carbons (Fsp3) is 0.259. The molecule has 9 heteroatoms. The molecule has 2 atom stereocenters. The number of nitrogens with one attached hydrogen (secondary N) is 2. The number of hydrogen-bond acceptors (Lipinski definition) is 5. The van der Waals surface area contributed by atoms with Crippen molar-refractivity contribution in [1.82, 2.24) is 15.1 Å². The van der Waals surface area contributed by atoms with Gasteiger partial charge in [-0.25, -0.2) is 9.59 Å². The van der Waals surface area contributed by atoms with Gasteiger partial charge in [0, 0.05) is 24.1 Å². The van der Waals surface area contributed by atoms with Gasteiger partial charge in [-0.15, -0.1) is 0 Å². The number of carboxylic acid groups (broad SMARTS) is 1. The van der Waals surface area contributed by atoms with Crippen LogP contribution in [0.15, 0.2) is 60.8 Å². The number of aromatic nitrogens is 2. The highest BCUT2D eigenvalue weighted by atomic mass is 16.6. The molecule has 0 saturated carbocycles. The number of amides is 2. The second-order valence-corrected chi connectivity index (χ2v) is 8.47. The van der Waals surface area contributed by atoms with E-state index >= 15 is 0 Å². The van der Waals surface area contributed by atoms with Gasteiger partial charge in [0.2, 0.25) is 0 Å². The van der Waals surface area contributed by atoms with Gasteiger partial charge in [-0.3, -0.25) is 14.8 Å². The summed E-state index contributed by atoms with van der Waals surface area (Å²) in [5, 5.41) is 18.6. The fourth-order valence-corrected chi connectivity index (χ4v) is 3.43. The van der Waals surface area contributed by atoms with Gasteiger partial charge in [0.25, 0.3) is 5.91 Å². The lowest BCUT2D eigenvalue weighted by atomic mass is 10.0. The van der Waals surface area contributed by atoms with E-state index in [1.807, 2.05) is 30.3 Å². The van der Waals surface area contributed by atoms with E-state index < -0.39 is 30.1 Å². The lowest BCUT2D eigenvalue weighted by Gasteiger charge is -2.15. The van der Waals surface area contributed by atoms with Gasteiger partial charge in [0.05, 0.1) is 6.20 Å². The van der Waals surface area contributed by atoms with Crippen molar-refractivity contribution in [3.8, 4) is 23.0 Å². The molecule has 0 aliphatic carbocycles. The molecule has 3 aromatic rings. The molecule has 2 amide bonds. The first-order valence-electron chi connectivity index (χ1n) is 11.4. The van der Waals surface area contributed by atoms with E-state index in [1.54, 1.807) is 58.3 Å². The van der Waals surface area contributed by atoms with Crippen LogP contribution in [0.5, 0.6) is 0 Å². The molecular weight excluding hydrogens is 460 g/mol. The third-order valence-electron chi connectivity index (χ3n) is 5.45. The summed E-state index contributed by atoms with van der Waals surface area (Å²) < 4.78 is 7.04. The van der Waals surface area contributed by atoms with Gasteiger partial charge in [0.1, 0.15) is 18.0 Å². The van der Waals surface area contributed by atoms with Crippen molar-refractivity contribution in [2.75, 3.05) is 5.32 Å². The zero-order valence-corrected chi connectivity index (χ0v) is 20.5. The Bertz CT molecular complexity index is 1290. The van der Waals surface area contributed by atoms with Gasteiger partial charge < -0.3 is 15.2 Å². The summed E-state index contributed by atoms with van der Waals surface area (Å²) >= 11 is 0. The second-order valence-electron chi connectivity index (χ2n) is 8.47. The van der Waals surface area contributed by atoms with E-state index in [4.69, 9.17) is 4.74 Å². The van der Waals surface area contributed by atoms with Crippen LogP contribution in [0.3, 0.4) is 0 Å². The largest absolute Gasteiger partial charge is 0.480 e. The molecular formula is C27H28N4O5. The minimum atomic E-state index is -1.11. The van der Waals surface area contributed by atoms with Crippen LogP contribution in [0.1, 0.15) is 38.0 Å². The van der Waals surface area contributed by atoms with Crippen molar-refractivity contribution < 1.29 is 24.2 Å². The summed E-state index contributed by atoms with van der Waals surface area (Å²) in [4.78, 5) is 35.8. The number of aliphatic carboxylic acids is 1. The van der Waals surface area contributed by atoms with Gasteiger partial charge in [-0.05, 0) is 36.1 Å². The number of nitrogens with zero attached hydrogens (tertiary/aromatic N) is 2. The predicted octanol–water partition coefficient (Wildman–Crippen LogP) is 3.97. The van der Waals surface area contributed by atoms with Crippen LogP contribution < -0.4 is 10.6 Å². The maximum atomic E-state index is 12.5. The molecule has 0 aliphatic heterocycles. The van der Waals surface area contributed by atoms with E-state index in [2.05, 4.69) is 27.6 Å². The maximum absolute atomic E-state index is 12.5. The molecule has 1 aromatic heterocycles. The van der Waals surface area contributed by atoms with Crippen LogP contribution in [0.2, 0.25) is 0 Å². The standard InChI is InChI=1S/C27H28N4O5/c1-17(2)24(26(33)34)29-23(32)15-12-19-10-13-21(14-11-19)22-16-28-31(4)25(22)30-27(35)36-18(3)20-8-6-5-7-9-20/h5-11,13-14,16-18,24H,1-4H3,(H,29,32)(H,30,35)(H,33,34)/t18-,24-/m1/s1. The Balaban J connectivity index is 1.68. The van der Waals surface area contributed by atoms with Crippen molar-refractivity contribution in [3.63, 3.8) is 0 Å². The molecule has 0 aliphatic rings. The predicted molar refractivity (Wildman–Crippen MR) is 135 cm³/mol. The molecule has 0 fully saturated rings. The molecule has 9 nitrogen and oxygen atoms in total. The highest BCUT2D eigenvalue weighted by Crippen LogP contribution is 2.28. The number of anilines is 1. The normalized spacial score (nSPS) is 12.1. The number of hydrogen-bond donors (Lipinski definition) is 3. The number of rotatable bonds is 7. The highest BCUT2D eigenvalue weighted by Gasteiger charge is 2.22.